The minimum atomic E-state index is -0.977. The SMILES string of the molecule is O=C(O)Cc1nc(-c2ccc(Cl)cc2Cl)n[nH]1. The van der Waals surface area contributed by atoms with Crippen molar-refractivity contribution in [2.45, 2.75) is 6.42 Å². The van der Waals surface area contributed by atoms with Gasteiger partial charge in [0.15, 0.2) is 5.82 Å². The predicted molar refractivity (Wildman–Crippen MR) is 63.2 cm³/mol. The molecule has 17 heavy (non-hydrogen) atoms. The number of carboxylic acids is 1. The number of H-pyrrole nitrogens is 1. The van der Waals surface area contributed by atoms with Gasteiger partial charge in [0.1, 0.15) is 12.2 Å². The fourth-order valence-corrected chi connectivity index (χ4v) is 1.80. The number of carboxylic acid groups (broad SMARTS) is 1. The molecular weight excluding hydrogens is 265 g/mol. The lowest BCUT2D eigenvalue weighted by atomic mass is 10.2. The number of carbonyl (C=O) groups is 1. The van der Waals surface area contributed by atoms with Crippen molar-refractivity contribution in [3.8, 4) is 11.4 Å². The molecule has 0 saturated heterocycles. The largest absolute Gasteiger partial charge is 0.481 e. The Morgan fingerprint density at radius 1 is 1.41 bits per heavy atom. The number of hydrogen-bond acceptors (Lipinski definition) is 3. The zero-order chi connectivity index (χ0) is 12.4. The zero-order valence-corrected chi connectivity index (χ0v) is 9.96. The van der Waals surface area contributed by atoms with Gasteiger partial charge in [-0.3, -0.25) is 9.89 Å². The Morgan fingerprint density at radius 3 is 2.82 bits per heavy atom. The predicted octanol–water partition coefficient (Wildman–Crippen LogP) is 2.41. The molecule has 0 fully saturated rings. The molecule has 5 nitrogen and oxygen atoms in total. The van der Waals surface area contributed by atoms with Crippen LogP contribution in [0.3, 0.4) is 0 Å². The molecule has 0 aliphatic carbocycles. The summed E-state index contributed by atoms with van der Waals surface area (Å²) in [5.74, 6) is -0.351. The summed E-state index contributed by atoms with van der Waals surface area (Å²) in [7, 11) is 0. The molecule has 2 N–H and O–H groups in total. The molecule has 0 atom stereocenters. The summed E-state index contributed by atoms with van der Waals surface area (Å²) in [4.78, 5) is 14.5. The van der Waals surface area contributed by atoms with Crippen LogP contribution in [0.25, 0.3) is 11.4 Å². The number of benzene rings is 1. The molecule has 1 aromatic heterocycles. The first kappa shape index (κ1) is 11.9. The topological polar surface area (TPSA) is 78.9 Å². The molecule has 0 saturated carbocycles. The molecule has 7 heteroatoms. The van der Waals surface area contributed by atoms with Gasteiger partial charge >= 0.3 is 5.97 Å². The summed E-state index contributed by atoms with van der Waals surface area (Å²) in [6.07, 6.45) is -0.210. The van der Waals surface area contributed by atoms with Crippen LogP contribution in [0.15, 0.2) is 18.2 Å². The summed E-state index contributed by atoms with van der Waals surface area (Å²) >= 11 is 11.8. The third-order valence-corrected chi connectivity index (χ3v) is 2.57. The second-order valence-electron chi connectivity index (χ2n) is 3.30. The van der Waals surface area contributed by atoms with Crippen molar-refractivity contribution in [2.24, 2.45) is 0 Å². The molecule has 2 rings (SSSR count). The molecule has 0 aliphatic rings. The van der Waals surface area contributed by atoms with Gasteiger partial charge < -0.3 is 5.11 Å². The second kappa shape index (κ2) is 4.73. The van der Waals surface area contributed by atoms with Crippen molar-refractivity contribution in [1.29, 1.82) is 0 Å². The molecular formula is C10H7Cl2N3O2. The average molecular weight is 272 g/mol. The third kappa shape index (κ3) is 2.75. The lowest BCUT2D eigenvalue weighted by Gasteiger charge is -1.98. The van der Waals surface area contributed by atoms with Gasteiger partial charge in [-0.05, 0) is 18.2 Å². The van der Waals surface area contributed by atoms with Crippen molar-refractivity contribution in [3.63, 3.8) is 0 Å². The van der Waals surface area contributed by atoms with Crippen LogP contribution in [0.4, 0.5) is 0 Å². The van der Waals surface area contributed by atoms with E-state index in [4.69, 9.17) is 28.3 Å². The Bertz CT molecular complexity index is 568. The quantitative estimate of drug-likeness (QED) is 0.899. The van der Waals surface area contributed by atoms with Crippen molar-refractivity contribution in [1.82, 2.24) is 15.2 Å². The third-order valence-electron chi connectivity index (χ3n) is 2.02. The van der Waals surface area contributed by atoms with Gasteiger partial charge in [-0.25, -0.2) is 4.98 Å². The van der Waals surface area contributed by atoms with E-state index in [0.717, 1.165) is 0 Å². The van der Waals surface area contributed by atoms with Gasteiger partial charge in [-0.15, -0.1) is 0 Å². The standard InChI is InChI=1S/C10H7Cl2N3O2/c11-5-1-2-6(7(12)3-5)10-13-8(14-15-10)4-9(16)17/h1-3H,4H2,(H,16,17)(H,13,14,15). The van der Waals surface area contributed by atoms with Crippen LogP contribution in [0.1, 0.15) is 5.82 Å². The van der Waals surface area contributed by atoms with Crippen LogP contribution in [-0.2, 0) is 11.2 Å². The summed E-state index contributed by atoms with van der Waals surface area (Å²) in [5.41, 5.74) is 0.601. The van der Waals surface area contributed by atoms with E-state index in [2.05, 4.69) is 15.2 Å². The molecule has 0 spiro atoms. The molecule has 1 heterocycles. The van der Waals surface area contributed by atoms with Crippen molar-refractivity contribution < 1.29 is 9.90 Å². The van der Waals surface area contributed by atoms with Crippen molar-refractivity contribution in [2.75, 3.05) is 0 Å². The van der Waals surface area contributed by atoms with Gasteiger partial charge in [0.25, 0.3) is 0 Å². The molecule has 0 unspecified atom stereocenters. The van der Waals surface area contributed by atoms with Gasteiger partial charge in [0, 0.05) is 10.6 Å². The van der Waals surface area contributed by atoms with E-state index in [0.29, 0.717) is 21.4 Å². The Kier molecular flexibility index (Phi) is 3.31. The highest BCUT2D eigenvalue weighted by atomic mass is 35.5. The lowest BCUT2D eigenvalue weighted by molar-refractivity contribution is -0.136. The molecule has 1 aromatic carbocycles. The number of hydrogen-bond donors (Lipinski definition) is 2. The maximum absolute atomic E-state index is 10.5. The van der Waals surface area contributed by atoms with Crippen LogP contribution in [-0.4, -0.2) is 26.3 Å². The first-order chi connectivity index (χ1) is 8.06. The van der Waals surface area contributed by atoms with Crippen molar-refractivity contribution >= 4 is 29.2 Å². The molecule has 2 aromatic rings. The molecule has 0 aliphatic heterocycles. The highest BCUT2D eigenvalue weighted by Crippen LogP contribution is 2.27. The van der Waals surface area contributed by atoms with Gasteiger partial charge in [0.05, 0.1) is 5.02 Å². The van der Waals surface area contributed by atoms with Gasteiger partial charge in [0.2, 0.25) is 0 Å². The zero-order valence-electron chi connectivity index (χ0n) is 8.44. The molecule has 0 radical (unpaired) electrons. The lowest BCUT2D eigenvalue weighted by Crippen LogP contribution is -2.01. The highest BCUT2D eigenvalue weighted by molar-refractivity contribution is 6.36. The Labute approximate surface area is 106 Å². The van der Waals surface area contributed by atoms with E-state index in [1.165, 1.54) is 0 Å². The van der Waals surface area contributed by atoms with Gasteiger partial charge in [-0.2, -0.15) is 5.10 Å². The summed E-state index contributed by atoms with van der Waals surface area (Å²) < 4.78 is 0. The Hall–Kier alpha value is -1.59. The summed E-state index contributed by atoms with van der Waals surface area (Å²) in [6.45, 7) is 0. The maximum Gasteiger partial charge on any atom is 0.311 e. The van der Waals surface area contributed by atoms with Crippen LogP contribution in [0.5, 0.6) is 0 Å². The monoisotopic (exact) mass is 271 g/mol. The molecule has 88 valence electrons. The van der Waals surface area contributed by atoms with Crippen LogP contribution < -0.4 is 0 Å². The van der Waals surface area contributed by atoms with Crippen LogP contribution >= 0.6 is 23.2 Å². The van der Waals surface area contributed by atoms with Gasteiger partial charge in [-0.1, -0.05) is 23.2 Å². The van der Waals surface area contributed by atoms with E-state index < -0.39 is 5.97 Å². The minimum absolute atomic E-state index is 0.210. The second-order valence-corrected chi connectivity index (χ2v) is 4.14. The van der Waals surface area contributed by atoms with E-state index in [9.17, 15) is 4.79 Å². The maximum atomic E-state index is 10.5. The minimum Gasteiger partial charge on any atom is -0.481 e. The number of nitrogens with one attached hydrogen (secondary N) is 1. The number of halogens is 2. The number of aromatic nitrogens is 3. The van der Waals surface area contributed by atoms with E-state index in [1.807, 2.05) is 0 Å². The Balaban J connectivity index is 2.33. The highest BCUT2D eigenvalue weighted by Gasteiger charge is 2.11. The fraction of sp³-hybridized carbons (Fsp3) is 0.100. The number of aliphatic carboxylic acids is 1. The van der Waals surface area contributed by atoms with Crippen LogP contribution in [0.2, 0.25) is 10.0 Å². The first-order valence-corrected chi connectivity index (χ1v) is 5.40. The number of rotatable bonds is 3. The van der Waals surface area contributed by atoms with E-state index in [1.54, 1.807) is 18.2 Å². The fourth-order valence-electron chi connectivity index (χ4n) is 1.31. The Morgan fingerprint density at radius 2 is 2.18 bits per heavy atom. The molecule has 0 bridgehead atoms. The summed E-state index contributed by atoms with van der Waals surface area (Å²) in [6, 6.07) is 4.92. The normalized spacial score (nSPS) is 10.5. The number of nitrogens with zero attached hydrogens (tertiary/aromatic N) is 2. The molecule has 0 amide bonds. The van der Waals surface area contributed by atoms with E-state index in [-0.39, 0.29) is 12.2 Å². The first-order valence-electron chi connectivity index (χ1n) is 4.65. The van der Waals surface area contributed by atoms with Crippen LogP contribution in [0, 0.1) is 0 Å². The van der Waals surface area contributed by atoms with E-state index >= 15 is 0 Å². The average Bonchev–Trinajstić information content (AvgIpc) is 2.65. The van der Waals surface area contributed by atoms with Crippen molar-refractivity contribution in [3.05, 3.63) is 34.1 Å². The smallest absolute Gasteiger partial charge is 0.311 e. The summed E-state index contributed by atoms with van der Waals surface area (Å²) in [5, 5.41) is 16.0. The number of aromatic amines is 1.